The van der Waals surface area contributed by atoms with Gasteiger partial charge in [0.2, 0.25) is 5.91 Å². The molecular weight excluding hydrogens is 240 g/mol. The molecule has 0 spiro atoms. The highest BCUT2D eigenvalue weighted by Crippen LogP contribution is 2.15. The largest absolute Gasteiger partial charge is 0.368 e. The Morgan fingerprint density at radius 2 is 2.11 bits per heavy atom. The van der Waals surface area contributed by atoms with Crippen LogP contribution in [0.4, 0.5) is 0 Å². The van der Waals surface area contributed by atoms with Gasteiger partial charge in [-0.05, 0) is 31.5 Å². The Balaban J connectivity index is 2.05. The Morgan fingerprint density at radius 3 is 2.68 bits per heavy atom. The number of pyridine rings is 1. The van der Waals surface area contributed by atoms with Gasteiger partial charge in [0.1, 0.15) is 6.04 Å². The maximum atomic E-state index is 11.7. The van der Waals surface area contributed by atoms with Gasteiger partial charge in [-0.25, -0.2) is 0 Å². The van der Waals surface area contributed by atoms with E-state index in [1.807, 2.05) is 12.1 Å². The number of aromatic nitrogens is 1. The summed E-state index contributed by atoms with van der Waals surface area (Å²) in [6, 6.07) is 4.20. The number of nitrogens with zero attached hydrogens (tertiary/aromatic N) is 3. The van der Waals surface area contributed by atoms with Gasteiger partial charge in [-0.1, -0.05) is 0 Å². The molecule has 1 aliphatic rings. The van der Waals surface area contributed by atoms with E-state index < -0.39 is 0 Å². The van der Waals surface area contributed by atoms with Crippen LogP contribution in [-0.2, 0) is 11.3 Å². The second-order valence-electron chi connectivity index (χ2n) is 5.33. The lowest BCUT2D eigenvalue weighted by molar-refractivity contribution is -0.126. The molecule has 2 N–H and O–H groups in total. The minimum Gasteiger partial charge on any atom is -0.368 e. The van der Waals surface area contributed by atoms with Gasteiger partial charge in [0.15, 0.2) is 0 Å². The zero-order valence-corrected chi connectivity index (χ0v) is 11.6. The van der Waals surface area contributed by atoms with E-state index >= 15 is 0 Å². The normalized spacial score (nSPS) is 21.7. The summed E-state index contributed by atoms with van der Waals surface area (Å²) in [6.45, 7) is 7.62. The molecule has 2 rings (SSSR count). The molecule has 1 fully saturated rings. The molecule has 19 heavy (non-hydrogen) atoms. The van der Waals surface area contributed by atoms with E-state index in [9.17, 15) is 4.79 Å². The smallest absolute Gasteiger partial charge is 0.236 e. The Kier molecular flexibility index (Phi) is 4.50. The van der Waals surface area contributed by atoms with Gasteiger partial charge >= 0.3 is 0 Å². The van der Waals surface area contributed by atoms with E-state index in [1.54, 1.807) is 12.4 Å². The van der Waals surface area contributed by atoms with E-state index in [1.165, 1.54) is 5.56 Å². The van der Waals surface area contributed by atoms with Crippen molar-refractivity contribution < 1.29 is 4.79 Å². The minimum absolute atomic E-state index is 0.204. The van der Waals surface area contributed by atoms with Crippen molar-refractivity contribution in [2.45, 2.75) is 32.5 Å². The van der Waals surface area contributed by atoms with Gasteiger partial charge in [-0.15, -0.1) is 0 Å². The van der Waals surface area contributed by atoms with Crippen LogP contribution in [-0.4, -0.2) is 52.4 Å². The SMILES string of the molecule is CC(C)N1CCN(Cc2ccncc2)C(C(N)=O)C1. The molecule has 1 aliphatic heterocycles. The molecule has 5 heteroatoms. The van der Waals surface area contributed by atoms with Crippen LogP contribution in [0.5, 0.6) is 0 Å². The molecule has 1 saturated heterocycles. The molecule has 0 aliphatic carbocycles. The summed E-state index contributed by atoms with van der Waals surface area (Å²) in [7, 11) is 0. The maximum absolute atomic E-state index is 11.7. The molecule has 5 nitrogen and oxygen atoms in total. The molecule has 0 radical (unpaired) electrons. The number of amides is 1. The third-order valence-corrected chi connectivity index (χ3v) is 3.72. The van der Waals surface area contributed by atoms with Crippen LogP contribution in [0.2, 0.25) is 0 Å². The summed E-state index contributed by atoms with van der Waals surface area (Å²) < 4.78 is 0. The van der Waals surface area contributed by atoms with Crippen LogP contribution < -0.4 is 5.73 Å². The van der Waals surface area contributed by atoms with Crippen molar-refractivity contribution in [1.29, 1.82) is 0 Å². The standard InChI is InChI=1S/C14H22N4O/c1-11(2)17-7-8-18(13(10-17)14(15)19)9-12-3-5-16-6-4-12/h3-6,11,13H,7-10H2,1-2H3,(H2,15,19). The average molecular weight is 262 g/mol. The Labute approximate surface area is 114 Å². The zero-order valence-electron chi connectivity index (χ0n) is 11.6. The van der Waals surface area contributed by atoms with Crippen molar-refractivity contribution in [3.05, 3.63) is 30.1 Å². The Hall–Kier alpha value is -1.46. The molecule has 1 atom stereocenters. The highest BCUT2D eigenvalue weighted by molar-refractivity contribution is 5.80. The van der Waals surface area contributed by atoms with Gasteiger partial charge in [0.05, 0.1) is 0 Å². The van der Waals surface area contributed by atoms with Crippen LogP contribution >= 0.6 is 0 Å². The first-order valence-electron chi connectivity index (χ1n) is 6.74. The third-order valence-electron chi connectivity index (χ3n) is 3.72. The number of carbonyl (C=O) groups excluding carboxylic acids is 1. The maximum Gasteiger partial charge on any atom is 0.236 e. The van der Waals surface area contributed by atoms with Crippen molar-refractivity contribution in [3.8, 4) is 0 Å². The van der Waals surface area contributed by atoms with E-state index in [-0.39, 0.29) is 11.9 Å². The number of rotatable bonds is 4. The molecule has 1 amide bonds. The summed E-state index contributed by atoms with van der Waals surface area (Å²) >= 11 is 0. The Morgan fingerprint density at radius 1 is 1.42 bits per heavy atom. The third kappa shape index (κ3) is 3.52. The lowest BCUT2D eigenvalue weighted by Gasteiger charge is -2.41. The second kappa shape index (κ2) is 6.12. The molecule has 1 aromatic heterocycles. The number of nitrogens with two attached hydrogens (primary N) is 1. The first-order valence-corrected chi connectivity index (χ1v) is 6.74. The van der Waals surface area contributed by atoms with Gasteiger partial charge in [0, 0.05) is 44.6 Å². The molecular formula is C14H22N4O. The van der Waals surface area contributed by atoms with Crippen LogP contribution in [0.3, 0.4) is 0 Å². The lowest BCUT2D eigenvalue weighted by Crippen LogP contribution is -2.58. The van der Waals surface area contributed by atoms with E-state index in [0.29, 0.717) is 6.04 Å². The molecule has 0 aromatic carbocycles. The molecule has 2 heterocycles. The summed E-state index contributed by atoms with van der Waals surface area (Å²) in [5.41, 5.74) is 6.72. The molecule has 0 bridgehead atoms. The van der Waals surface area contributed by atoms with Gasteiger partial charge in [-0.3, -0.25) is 19.6 Å². The minimum atomic E-state index is -0.237. The second-order valence-corrected chi connectivity index (χ2v) is 5.33. The quantitative estimate of drug-likeness (QED) is 0.856. The van der Waals surface area contributed by atoms with Crippen LogP contribution in [0.15, 0.2) is 24.5 Å². The molecule has 1 unspecified atom stereocenters. The van der Waals surface area contributed by atoms with Crippen molar-refractivity contribution in [3.63, 3.8) is 0 Å². The van der Waals surface area contributed by atoms with Crippen molar-refractivity contribution in [2.75, 3.05) is 19.6 Å². The van der Waals surface area contributed by atoms with Gasteiger partial charge in [0.25, 0.3) is 0 Å². The van der Waals surface area contributed by atoms with Crippen molar-refractivity contribution in [2.24, 2.45) is 5.73 Å². The summed E-state index contributed by atoms with van der Waals surface area (Å²) in [4.78, 5) is 20.1. The van der Waals surface area contributed by atoms with Crippen molar-refractivity contribution >= 4 is 5.91 Å². The van der Waals surface area contributed by atoms with Gasteiger partial charge in [-0.2, -0.15) is 0 Å². The predicted octanol–water partition coefficient (Wildman–Crippen LogP) is 0.462. The fraction of sp³-hybridized carbons (Fsp3) is 0.571. The molecule has 1 aromatic rings. The van der Waals surface area contributed by atoms with Crippen LogP contribution in [0.1, 0.15) is 19.4 Å². The van der Waals surface area contributed by atoms with E-state index in [2.05, 4.69) is 28.6 Å². The number of primary amides is 1. The average Bonchev–Trinajstić information content (AvgIpc) is 2.39. The number of carbonyl (C=O) groups is 1. The number of hydrogen-bond donors (Lipinski definition) is 1. The first-order chi connectivity index (χ1) is 9.08. The zero-order chi connectivity index (χ0) is 13.8. The summed E-state index contributed by atoms with van der Waals surface area (Å²) in [5.74, 6) is -0.237. The van der Waals surface area contributed by atoms with Gasteiger partial charge < -0.3 is 5.73 Å². The highest BCUT2D eigenvalue weighted by Gasteiger charge is 2.31. The van der Waals surface area contributed by atoms with Crippen LogP contribution in [0, 0.1) is 0 Å². The number of hydrogen-bond acceptors (Lipinski definition) is 4. The predicted molar refractivity (Wildman–Crippen MR) is 74.3 cm³/mol. The lowest BCUT2D eigenvalue weighted by atomic mass is 10.1. The van der Waals surface area contributed by atoms with Crippen molar-refractivity contribution in [1.82, 2.24) is 14.8 Å². The number of piperazine rings is 1. The van der Waals surface area contributed by atoms with Crippen LogP contribution in [0.25, 0.3) is 0 Å². The van der Waals surface area contributed by atoms with E-state index in [0.717, 1.165) is 26.2 Å². The Bertz CT molecular complexity index is 421. The fourth-order valence-corrected chi connectivity index (χ4v) is 2.49. The molecule has 104 valence electrons. The summed E-state index contributed by atoms with van der Waals surface area (Å²) in [5, 5.41) is 0. The molecule has 0 saturated carbocycles. The monoisotopic (exact) mass is 262 g/mol. The summed E-state index contributed by atoms with van der Waals surface area (Å²) in [6.07, 6.45) is 3.55. The fourth-order valence-electron chi connectivity index (χ4n) is 2.49. The highest BCUT2D eigenvalue weighted by atomic mass is 16.1. The van der Waals surface area contributed by atoms with E-state index in [4.69, 9.17) is 5.73 Å². The topological polar surface area (TPSA) is 62.5 Å². The first kappa shape index (κ1) is 14.0.